The monoisotopic (exact) mass is 790 g/mol. The zero-order valence-electron chi connectivity index (χ0n) is 34.5. The lowest BCUT2D eigenvalue weighted by molar-refractivity contribution is 0.358. The van der Waals surface area contributed by atoms with Crippen molar-refractivity contribution in [3.05, 3.63) is 187 Å². The van der Waals surface area contributed by atoms with Crippen molar-refractivity contribution >= 4 is 27.5 Å². The molecule has 61 heavy (non-hydrogen) atoms. The molecule has 0 N–H and O–H groups in total. The Balaban J connectivity index is 0.936. The summed E-state index contributed by atoms with van der Waals surface area (Å²) in [5, 5.41) is 2.23. The molecule has 5 heteroatoms. The van der Waals surface area contributed by atoms with E-state index in [-0.39, 0.29) is 5.41 Å². The molecule has 0 unspecified atom stereocenters. The lowest BCUT2D eigenvalue weighted by Gasteiger charge is -2.27. The predicted molar refractivity (Wildman–Crippen MR) is 248 cm³/mol. The summed E-state index contributed by atoms with van der Waals surface area (Å²) in [5.74, 6) is 3.50. The van der Waals surface area contributed by atoms with Crippen LogP contribution in [-0.4, -0.2) is 9.97 Å². The van der Waals surface area contributed by atoms with Crippen LogP contribution in [0.2, 0.25) is 0 Å². The third-order valence-electron chi connectivity index (χ3n) is 12.3. The number of ether oxygens (including phenoxy) is 2. The van der Waals surface area contributed by atoms with Gasteiger partial charge in [-0.2, -0.15) is 0 Å². The van der Waals surface area contributed by atoms with Gasteiger partial charge in [0.05, 0.1) is 11.4 Å². The summed E-state index contributed by atoms with van der Waals surface area (Å²) in [7, 11) is 0. The molecular formula is C56H42N2O3. The molecule has 0 amide bonds. The zero-order chi connectivity index (χ0) is 41.2. The second-order valence-electron chi connectivity index (χ2n) is 16.3. The standard InChI is InChI=1S/C56H42N2O3/c1-5-14-41-44-31-52-53(32-46(44)56(3,4)45(41)6-2)59-50-28-27-38(30-51(50)60-52)37-17-12-18-39(29-37)55-57-47(35-15-8-7-9-16-35)33-48(58-55)36-25-23-34(24-26-36)40-20-13-21-43-42-19-10-11-22-49(42)61-54(40)43/h5,7-33H,6H2,1-4H3/b14-5-. The molecule has 0 saturated heterocycles. The second-order valence-corrected chi connectivity index (χ2v) is 16.3. The number of nitrogens with zero attached hydrogens (tertiary/aromatic N) is 2. The van der Waals surface area contributed by atoms with Gasteiger partial charge in [-0.3, -0.25) is 0 Å². The normalized spacial score (nSPS) is 13.9. The van der Waals surface area contributed by atoms with E-state index in [4.69, 9.17) is 23.9 Å². The minimum Gasteiger partial charge on any atom is -0.455 e. The van der Waals surface area contributed by atoms with Gasteiger partial charge in [0.1, 0.15) is 11.2 Å². The Morgan fingerprint density at radius 1 is 0.525 bits per heavy atom. The van der Waals surface area contributed by atoms with Crippen LogP contribution in [-0.2, 0) is 5.41 Å². The third kappa shape index (κ3) is 6.15. The van der Waals surface area contributed by atoms with Gasteiger partial charge < -0.3 is 13.9 Å². The molecule has 0 atom stereocenters. The van der Waals surface area contributed by atoms with Crippen molar-refractivity contribution < 1.29 is 13.9 Å². The summed E-state index contributed by atoms with van der Waals surface area (Å²) < 4.78 is 19.5. The molecule has 7 aromatic carbocycles. The van der Waals surface area contributed by atoms with E-state index in [9.17, 15) is 0 Å². The molecule has 5 nitrogen and oxygen atoms in total. The Morgan fingerprint density at radius 3 is 1.95 bits per heavy atom. The summed E-state index contributed by atoms with van der Waals surface area (Å²) in [6.45, 7) is 8.92. The van der Waals surface area contributed by atoms with Crippen LogP contribution in [0, 0.1) is 0 Å². The van der Waals surface area contributed by atoms with Gasteiger partial charge in [-0.05, 0) is 89.2 Å². The highest BCUT2D eigenvalue weighted by Gasteiger charge is 2.38. The first kappa shape index (κ1) is 36.6. The number of hydrogen-bond donors (Lipinski definition) is 0. The van der Waals surface area contributed by atoms with E-state index in [2.05, 4.69) is 161 Å². The van der Waals surface area contributed by atoms with Crippen molar-refractivity contribution in [2.24, 2.45) is 0 Å². The Bertz CT molecular complexity index is 3260. The first-order valence-electron chi connectivity index (χ1n) is 21.0. The number of rotatable bonds is 7. The maximum Gasteiger partial charge on any atom is 0.170 e. The van der Waals surface area contributed by atoms with E-state index in [1.54, 1.807) is 0 Å². The molecule has 1 aliphatic carbocycles. The molecule has 2 aliphatic rings. The first-order chi connectivity index (χ1) is 29.9. The Morgan fingerprint density at radius 2 is 1.15 bits per heavy atom. The van der Waals surface area contributed by atoms with Gasteiger partial charge in [0.25, 0.3) is 0 Å². The number of allylic oxidation sites excluding steroid dienone is 4. The van der Waals surface area contributed by atoms with Crippen molar-refractivity contribution in [3.63, 3.8) is 0 Å². The topological polar surface area (TPSA) is 57.4 Å². The minimum atomic E-state index is -0.0886. The zero-order valence-corrected chi connectivity index (χ0v) is 34.5. The number of hydrogen-bond acceptors (Lipinski definition) is 5. The molecule has 9 aromatic rings. The number of para-hydroxylation sites is 2. The highest BCUT2D eigenvalue weighted by molar-refractivity contribution is 6.09. The third-order valence-corrected chi connectivity index (χ3v) is 12.3. The molecule has 0 fully saturated rings. The Labute approximate surface area is 355 Å². The van der Waals surface area contributed by atoms with Crippen LogP contribution in [0.15, 0.2) is 180 Å². The summed E-state index contributed by atoms with van der Waals surface area (Å²) in [5.41, 5.74) is 15.7. The fraction of sp³-hybridized carbons (Fsp3) is 0.107. The van der Waals surface area contributed by atoms with E-state index in [0.29, 0.717) is 17.3 Å². The highest BCUT2D eigenvalue weighted by Crippen LogP contribution is 2.55. The Hall–Kier alpha value is -7.50. The summed E-state index contributed by atoms with van der Waals surface area (Å²) >= 11 is 0. The average molecular weight is 791 g/mol. The molecule has 0 saturated carbocycles. The van der Waals surface area contributed by atoms with Gasteiger partial charge in [0, 0.05) is 38.4 Å². The van der Waals surface area contributed by atoms with Crippen molar-refractivity contribution in [3.8, 4) is 79.2 Å². The fourth-order valence-corrected chi connectivity index (χ4v) is 9.31. The molecule has 294 valence electrons. The van der Waals surface area contributed by atoms with E-state index in [1.807, 2.05) is 36.4 Å². The van der Waals surface area contributed by atoms with Gasteiger partial charge in [0.2, 0.25) is 0 Å². The second kappa shape index (κ2) is 14.4. The van der Waals surface area contributed by atoms with Crippen LogP contribution in [0.5, 0.6) is 23.0 Å². The van der Waals surface area contributed by atoms with Crippen LogP contribution in [0.4, 0.5) is 0 Å². The summed E-state index contributed by atoms with van der Waals surface area (Å²) in [4.78, 5) is 10.3. The molecule has 0 spiro atoms. The van der Waals surface area contributed by atoms with Gasteiger partial charge in [0.15, 0.2) is 28.8 Å². The highest BCUT2D eigenvalue weighted by atomic mass is 16.6. The van der Waals surface area contributed by atoms with E-state index in [0.717, 1.165) is 90.2 Å². The lowest BCUT2D eigenvalue weighted by atomic mass is 9.80. The molecule has 0 radical (unpaired) electrons. The number of benzene rings is 7. The molecule has 11 rings (SSSR count). The maximum atomic E-state index is 6.64. The predicted octanol–water partition coefficient (Wildman–Crippen LogP) is 15.6. The SMILES string of the molecule is C/C=C\C1=C(CC)C(C)(C)c2cc3c(cc21)Oc1cc(-c2cccc(-c4nc(-c5ccccc5)cc(-c5ccc(-c6cccc7c6oc6ccccc67)cc5)n4)c2)ccc1O3. The van der Waals surface area contributed by atoms with Gasteiger partial charge in [-0.1, -0.05) is 154 Å². The molecule has 2 aromatic heterocycles. The van der Waals surface area contributed by atoms with Crippen LogP contribution in [0.25, 0.3) is 83.7 Å². The first-order valence-corrected chi connectivity index (χ1v) is 21.0. The van der Waals surface area contributed by atoms with Crippen molar-refractivity contribution in [2.45, 2.75) is 39.5 Å². The average Bonchev–Trinajstić information content (AvgIpc) is 3.78. The van der Waals surface area contributed by atoms with Crippen LogP contribution in [0.1, 0.15) is 45.2 Å². The molecule has 0 bridgehead atoms. The van der Waals surface area contributed by atoms with E-state index >= 15 is 0 Å². The lowest BCUT2D eigenvalue weighted by Crippen LogP contribution is -2.17. The van der Waals surface area contributed by atoms with Gasteiger partial charge in [-0.25, -0.2) is 9.97 Å². The summed E-state index contributed by atoms with van der Waals surface area (Å²) in [6, 6.07) is 54.4. The van der Waals surface area contributed by atoms with Gasteiger partial charge in [-0.15, -0.1) is 0 Å². The summed E-state index contributed by atoms with van der Waals surface area (Å²) in [6.07, 6.45) is 5.33. The molecular weight excluding hydrogens is 749 g/mol. The minimum absolute atomic E-state index is 0.0886. The van der Waals surface area contributed by atoms with E-state index < -0.39 is 0 Å². The van der Waals surface area contributed by atoms with Crippen LogP contribution in [0.3, 0.4) is 0 Å². The number of fused-ring (bicyclic) bond motifs is 6. The van der Waals surface area contributed by atoms with Crippen LogP contribution >= 0.6 is 0 Å². The quantitative estimate of drug-likeness (QED) is 0.161. The largest absolute Gasteiger partial charge is 0.455 e. The van der Waals surface area contributed by atoms with E-state index in [1.165, 1.54) is 22.3 Å². The number of furan rings is 1. The molecule has 3 heterocycles. The van der Waals surface area contributed by atoms with Crippen LogP contribution < -0.4 is 9.47 Å². The smallest absolute Gasteiger partial charge is 0.170 e. The Kier molecular flexibility index (Phi) is 8.60. The van der Waals surface area contributed by atoms with Gasteiger partial charge >= 0.3 is 0 Å². The maximum absolute atomic E-state index is 6.64. The van der Waals surface area contributed by atoms with Crippen molar-refractivity contribution in [1.82, 2.24) is 9.97 Å². The fourth-order valence-electron chi connectivity index (χ4n) is 9.31. The molecule has 1 aliphatic heterocycles. The van der Waals surface area contributed by atoms with Crippen molar-refractivity contribution in [2.75, 3.05) is 0 Å². The number of aromatic nitrogens is 2. The van der Waals surface area contributed by atoms with Crippen molar-refractivity contribution in [1.29, 1.82) is 0 Å².